The summed E-state index contributed by atoms with van der Waals surface area (Å²) in [6, 6.07) is 0. The molecule has 44 valence electrons. The maximum Gasteiger partial charge on any atom is 0.214 e. The molecule has 1 nitrogen and oxygen atoms in total. The van der Waals surface area contributed by atoms with E-state index in [1.54, 1.807) is 0 Å². The molecule has 0 N–H and O–H groups in total. The number of hydrogen-bond acceptors (Lipinski definition) is 2. The SMILES string of the molecule is SOCC(Cl)(Cl)Cl. The van der Waals surface area contributed by atoms with Crippen molar-refractivity contribution in [2.24, 2.45) is 0 Å². The molecule has 0 aliphatic rings. The van der Waals surface area contributed by atoms with Gasteiger partial charge in [0.15, 0.2) is 0 Å². The van der Waals surface area contributed by atoms with Crippen LogP contribution in [0.4, 0.5) is 0 Å². The fourth-order valence-corrected chi connectivity index (χ4v) is 0.659. The molecule has 0 aromatic carbocycles. The molecule has 0 spiro atoms. The van der Waals surface area contributed by atoms with Crippen LogP contribution in [0.15, 0.2) is 0 Å². The average molecular weight is 181 g/mol. The van der Waals surface area contributed by atoms with E-state index < -0.39 is 3.79 Å². The first-order valence-electron chi connectivity index (χ1n) is 1.39. The molecule has 0 unspecified atom stereocenters. The van der Waals surface area contributed by atoms with E-state index in [4.69, 9.17) is 34.8 Å². The molecule has 0 aliphatic carbocycles. The van der Waals surface area contributed by atoms with Crippen molar-refractivity contribution in [3.63, 3.8) is 0 Å². The lowest BCUT2D eigenvalue weighted by atomic mass is 10.9. The van der Waals surface area contributed by atoms with E-state index in [0.29, 0.717) is 0 Å². The first-order chi connectivity index (χ1) is 3.06. The smallest absolute Gasteiger partial charge is 0.214 e. The van der Waals surface area contributed by atoms with Crippen molar-refractivity contribution in [1.29, 1.82) is 0 Å². The van der Waals surface area contributed by atoms with E-state index >= 15 is 0 Å². The minimum Gasteiger partial charge on any atom is -0.314 e. The molecule has 0 aliphatic heterocycles. The van der Waals surface area contributed by atoms with Gasteiger partial charge in [0.05, 0.1) is 0 Å². The van der Waals surface area contributed by atoms with Crippen LogP contribution in [-0.4, -0.2) is 10.4 Å². The van der Waals surface area contributed by atoms with Gasteiger partial charge in [-0.15, -0.1) is 0 Å². The van der Waals surface area contributed by atoms with Gasteiger partial charge in [0.2, 0.25) is 3.79 Å². The third-order valence-electron chi connectivity index (χ3n) is 0.228. The fourth-order valence-electron chi connectivity index (χ4n) is 0.0732. The minimum atomic E-state index is -1.33. The monoisotopic (exact) mass is 180 g/mol. The molecule has 0 bridgehead atoms. The van der Waals surface area contributed by atoms with Gasteiger partial charge >= 0.3 is 0 Å². The van der Waals surface area contributed by atoms with Crippen molar-refractivity contribution in [3.8, 4) is 0 Å². The zero-order valence-corrected chi connectivity index (χ0v) is 6.36. The third-order valence-corrected chi connectivity index (χ3v) is 0.685. The van der Waals surface area contributed by atoms with Crippen molar-refractivity contribution in [3.05, 3.63) is 0 Å². The van der Waals surface area contributed by atoms with Gasteiger partial charge in [-0.1, -0.05) is 34.8 Å². The van der Waals surface area contributed by atoms with Gasteiger partial charge < -0.3 is 4.18 Å². The Balaban J connectivity index is 3.15. The van der Waals surface area contributed by atoms with Gasteiger partial charge in [-0.05, 0) is 12.9 Å². The van der Waals surface area contributed by atoms with Crippen molar-refractivity contribution in [1.82, 2.24) is 0 Å². The standard InChI is InChI=1S/C2H3Cl3OS/c3-2(4,5)1-6-7/h7H,1H2. The molecule has 0 atom stereocenters. The summed E-state index contributed by atoms with van der Waals surface area (Å²) in [4.78, 5) is 0. The predicted octanol–water partition coefficient (Wildman–Crippen LogP) is 2.22. The lowest BCUT2D eigenvalue weighted by Crippen LogP contribution is -2.08. The Morgan fingerprint density at radius 3 is 1.86 bits per heavy atom. The summed E-state index contributed by atoms with van der Waals surface area (Å²) in [5.74, 6) is 0. The van der Waals surface area contributed by atoms with Crippen LogP contribution in [0.5, 0.6) is 0 Å². The lowest BCUT2D eigenvalue weighted by molar-refractivity contribution is 0.392. The van der Waals surface area contributed by atoms with Gasteiger partial charge in [0, 0.05) is 0 Å². The van der Waals surface area contributed by atoms with E-state index in [1.807, 2.05) is 0 Å². The normalized spacial score (nSPS) is 12.0. The number of halogens is 3. The molecule has 7 heavy (non-hydrogen) atoms. The van der Waals surface area contributed by atoms with Crippen LogP contribution in [0.25, 0.3) is 0 Å². The number of thiol groups is 1. The Hall–Kier alpha value is 1.18. The highest BCUT2D eigenvalue weighted by Crippen LogP contribution is 2.25. The molecule has 0 fully saturated rings. The highest BCUT2D eigenvalue weighted by molar-refractivity contribution is 7.75. The van der Waals surface area contributed by atoms with Crippen LogP contribution < -0.4 is 0 Å². The molecule has 0 heterocycles. The topological polar surface area (TPSA) is 9.23 Å². The quantitative estimate of drug-likeness (QED) is 0.371. The molecule has 5 heteroatoms. The second-order valence-electron chi connectivity index (χ2n) is 0.889. The van der Waals surface area contributed by atoms with Gasteiger partial charge in [-0.25, -0.2) is 0 Å². The Kier molecular flexibility index (Phi) is 3.80. The van der Waals surface area contributed by atoms with Crippen molar-refractivity contribution < 1.29 is 4.18 Å². The van der Waals surface area contributed by atoms with E-state index in [0.717, 1.165) is 0 Å². The molecule has 0 aromatic rings. The zero-order chi connectivity index (χ0) is 5.91. The van der Waals surface area contributed by atoms with Crippen LogP contribution in [0.3, 0.4) is 0 Å². The van der Waals surface area contributed by atoms with E-state index in [1.165, 1.54) is 0 Å². The molecule has 0 saturated heterocycles. The van der Waals surface area contributed by atoms with Gasteiger partial charge in [-0.3, -0.25) is 0 Å². The number of alkyl halides is 3. The van der Waals surface area contributed by atoms with E-state index in [-0.39, 0.29) is 6.61 Å². The van der Waals surface area contributed by atoms with E-state index in [9.17, 15) is 0 Å². The molecule has 0 amide bonds. The van der Waals surface area contributed by atoms with Gasteiger partial charge in [-0.2, -0.15) is 0 Å². The van der Waals surface area contributed by atoms with Crippen molar-refractivity contribution >= 4 is 47.7 Å². The summed E-state index contributed by atoms with van der Waals surface area (Å²) in [5, 5.41) is 0. The summed E-state index contributed by atoms with van der Waals surface area (Å²) in [6.07, 6.45) is 0. The molecule has 0 saturated carbocycles. The van der Waals surface area contributed by atoms with Crippen LogP contribution in [0, 0.1) is 0 Å². The minimum absolute atomic E-state index is 0.000772. The molecule has 0 aromatic heterocycles. The summed E-state index contributed by atoms with van der Waals surface area (Å²) >= 11 is 18.9. The lowest BCUT2D eigenvalue weighted by Gasteiger charge is -2.05. The molecular weight excluding hydrogens is 178 g/mol. The summed E-state index contributed by atoms with van der Waals surface area (Å²) in [7, 11) is 0. The highest BCUT2D eigenvalue weighted by atomic mass is 35.6. The molecule has 0 radical (unpaired) electrons. The van der Waals surface area contributed by atoms with Crippen LogP contribution >= 0.6 is 47.7 Å². The number of hydrogen-bond donors (Lipinski definition) is 1. The van der Waals surface area contributed by atoms with Crippen LogP contribution in [0.1, 0.15) is 0 Å². The average Bonchev–Trinajstić information content (AvgIpc) is 1.30. The second-order valence-corrected chi connectivity index (χ2v) is 3.66. The van der Waals surface area contributed by atoms with Crippen molar-refractivity contribution in [2.75, 3.05) is 6.61 Å². The first-order valence-corrected chi connectivity index (χ1v) is 2.89. The highest BCUT2D eigenvalue weighted by Gasteiger charge is 2.18. The first kappa shape index (κ1) is 8.18. The van der Waals surface area contributed by atoms with Crippen molar-refractivity contribution in [2.45, 2.75) is 3.79 Å². The second kappa shape index (κ2) is 3.25. The molecule has 0 rings (SSSR count). The maximum absolute atomic E-state index is 5.19. The largest absolute Gasteiger partial charge is 0.314 e. The van der Waals surface area contributed by atoms with Gasteiger partial charge in [0.25, 0.3) is 0 Å². The maximum atomic E-state index is 5.19. The van der Waals surface area contributed by atoms with Crippen LogP contribution in [-0.2, 0) is 4.18 Å². The van der Waals surface area contributed by atoms with E-state index in [2.05, 4.69) is 17.1 Å². The Bertz CT molecular complexity index is 51.4. The van der Waals surface area contributed by atoms with Crippen LogP contribution in [0.2, 0.25) is 0 Å². The summed E-state index contributed by atoms with van der Waals surface area (Å²) in [6.45, 7) is 0.000772. The fraction of sp³-hybridized carbons (Fsp3) is 1.00. The summed E-state index contributed by atoms with van der Waals surface area (Å²) in [5.41, 5.74) is 0. The predicted molar refractivity (Wildman–Crippen MR) is 35.2 cm³/mol. The third kappa shape index (κ3) is 7.18. The Morgan fingerprint density at radius 1 is 1.43 bits per heavy atom. The zero-order valence-electron chi connectivity index (χ0n) is 3.20. The summed E-state index contributed by atoms with van der Waals surface area (Å²) < 4.78 is 2.87. The molecular formula is C2H3Cl3OS. The van der Waals surface area contributed by atoms with Gasteiger partial charge in [0.1, 0.15) is 6.61 Å². The Labute approximate surface area is 62.5 Å². The Morgan fingerprint density at radius 2 is 1.86 bits per heavy atom. The number of rotatable bonds is 1.